The maximum absolute atomic E-state index is 12.4. The Hall–Kier alpha value is -2.92. The van der Waals surface area contributed by atoms with Gasteiger partial charge in [0.25, 0.3) is 5.91 Å². The van der Waals surface area contributed by atoms with Gasteiger partial charge in [0, 0.05) is 4.88 Å². The molecule has 0 saturated heterocycles. The van der Waals surface area contributed by atoms with Gasteiger partial charge in [-0.25, -0.2) is 18.0 Å². The number of rotatable bonds is 8. The van der Waals surface area contributed by atoms with Crippen molar-refractivity contribution in [3.63, 3.8) is 0 Å². The van der Waals surface area contributed by atoms with Crippen LogP contribution in [0.2, 0.25) is 0 Å². The summed E-state index contributed by atoms with van der Waals surface area (Å²) in [5, 5.41) is 3.01. The molecule has 1 amide bonds. The van der Waals surface area contributed by atoms with Crippen molar-refractivity contribution in [1.29, 1.82) is 0 Å². The lowest BCUT2D eigenvalue weighted by molar-refractivity contribution is -0.119. The summed E-state index contributed by atoms with van der Waals surface area (Å²) in [5.74, 6) is -1.97. The minimum Gasteiger partial charge on any atom is -0.462 e. The number of nitrogens with one attached hydrogen (secondary N) is 2. The van der Waals surface area contributed by atoms with Gasteiger partial charge in [0.05, 0.1) is 29.7 Å². The lowest BCUT2D eigenvalue weighted by atomic mass is 10.1. The van der Waals surface area contributed by atoms with Crippen LogP contribution in [0.3, 0.4) is 0 Å². The van der Waals surface area contributed by atoms with Gasteiger partial charge in [-0.15, -0.1) is 11.3 Å². The van der Waals surface area contributed by atoms with Gasteiger partial charge in [-0.1, -0.05) is 12.1 Å². The molecule has 9 nitrogen and oxygen atoms in total. The van der Waals surface area contributed by atoms with Gasteiger partial charge in [0.2, 0.25) is 10.0 Å². The minimum atomic E-state index is -3.60. The second-order valence-electron chi connectivity index (χ2n) is 6.83. The molecule has 1 aromatic heterocycles. The highest BCUT2D eigenvalue weighted by atomic mass is 32.2. The van der Waals surface area contributed by atoms with E-state index in [9.17, 15) is 22.8 Å². The molecule has 0 unspecified atom stereocenters. The standard InChI is InChI=1S/C20H22N2O7S2/c1-3-28-20(25)17-13-8-6-10-15(13)30-18(17)21-16(23)11-29-19(24)12-7-4-5-9-14(12)22-31(2,26)27/h4-5,7,9,22H,3,6,8,10-11H2,1-2H3,(H,21,23). The number of ether oxygens (including phenoxy) is 2. The number of anilines is 2. The number of benzene rings is 1. The van der Waals surface area contributed by atoms with Gasteiger partial charge in [-0.2, -0.15) is 0 Å². The van der Waals surface area contributed by atoms with Crippen molar-refractivity contribution in [2.45, 2.75) is 26.2 Å². The predicted octanol–water partition coefficient (Wildman–Crippen LogP) is 2.58. The summed E-state index contributed by atoms with van der Waals surface area (Å²) in [6.45, 7) is 1.32. The van der Waals surface area contributed by atoms with E-state index in [1.165, 1.54) is 23.5 Å². The first-order chi connectivity index (χ1) is 14.7. The number of fused-ring (bicyclic) bond motifs is 1. The van der Waals surface area contributed by atoms with Crippen LogP contribution in [0, 0.1) is 0 Å². The van der Waals surface area contributed by atoms with Crippen molar-refractivity contribution < 1.29 is 32.3 Å². The third kappa shape index (κ3) is 5.61. The molecule has 2 N–H and O–H groups in total. The van der Waals surface area contributed by atoms with Crippen LogP contribution in [0.4, 0.5) is 10.7 Å². The monoisotopic (exact) mass is 466 g/mol. The minimum absolute atomic E-state index is 0.0250. The van der Waals surface area contributed by atoms with Gasteiger partial charge in [0.15, 0.2) is 6.61 Å². The molecule has 0 atom stereocenters. The topological polar surface area (TPSA) is 128 Å². The Kier molecular flexibility index (Phi) is 6.96. The maximum Gasteiger partial charge on any atom is 0.341 e. The lowest BCUT2D eigenvalue weighted by Gasteiger charge is -2.11. The summed E-state index contributed by atoms with van der Waals surface area (Å²) in [6.07, 6.45) is 3.48. The summed E-state index contributed by atoms with van der Waals surface area (Å²) in [6, 6.07) is 5.90. The van der Waals surface area contributed by atoms with Crippen molar-refractivity contribution >= 4 is 49.9 Å². The van der Waals surface area contributed by atoms with Gasteiger partial charge in [-0.3, -0.25) is 9.52 Å². The fraction of sp³-hybridized carbons (Fsp3) is 0.350. The first-order valence-electron chi connectivity index (χ1n) is 9.55. The Morgan fingerprint density at radius 2 is 1.84 bits per heavy atom. The van der Waals surface area contributed by atoms with Crippen LogP contribution >= 0.6 is 11.3 Å². The van der Waals surface area contributed by atoms with E-state index >= 15 is 0 Å². The molecule has 0 fully saturated rings. The number of thiophene rings is 1. The van der Waals surface area contributed by atoms with Crippen LogP contribution in [0.15, 0.2) is 24.3 Å². The van der Waals surface area contributed by atoms with Gasteiger partial charge in [0.1, 0.15) is 5.00 Å². The molecule has 0 bridgehead atoms. The normalized spacial score (nSPS) is 12.7. The van der Waals surface area contributed by atoms with E-state index in [4.69, 9.17) is 9.47 Å². The number of esters is 2. The molecule has 0 radical (unpaired) electrons. The van der Waals surface area contributed by atoms with E-state index in [-0.39, 0.29) is 17.9 Å². The van der Waals surface area contributed by atoms with Crippen molar-refractivity contribution in [2.24, 2.45) is 0 Å². The van der Waals surface area contributed by atoms with E-state index in [0.29, 0.717) is 10.6 Å². The molecule has 0 spiro atoms. The molecule has 0 aliphatic heterocycles. The molecule has 1 aliphatic rings. The lowest BCUT2D eigenvalue weighted by Crippen LogP contribution is -2.22. The largest absolute Gasteiger partial charge is 0.462 e. The first kappa shape index (κ1) is 22.8. The molecule has 1 heterocycles. The van der Waals surface area contributed by atoms with Crippen molar-refractivity contribution in [2.75, 3.05) is 29.5 Å². The van der Waals surface area contributed by atoms with Crippen LogP contribution < -0.4 is 10.0 Å². The average molecular weight is 467 g/mol. The Morgan fingerprint density at radius 1 is 1.10 bits per heavy atom. The van der Waals surface area contributed by atoms with Crippen LogP contribution in [0.1, 0.15) is 44.5 Å². The highest BCUT2D eigenvalue weighted by Gasteiger charge is 2.28. The molecule has 166 valence electrons. The van der Waals surface area contributed by atoms with Crippen LogP contribution in [0.5, 0.6) is 0 Å². The summed E-state index contributed by atoms with van der Waals surface area (Å²) in [4.78, 5) is 38.2. The van der Waals surface area contributed by atoms with Gasteiger partial charge < -0.3 is 14.8 Å². The molecule has 0 saturated carbocycles. The third-order valence-electron chi connectivity index (χ3n) is 4.43. The van der Waals surface area contributed by atoms with E-state index in [1.54, 1.807) is 19.1 Å². The zero-order valence-electron chi connectivity index (χ0n) is 17.0. The van der Waals surface area contributed by atoms with Crippen molar-refractivity contribution in [3.05, 3.63) is 45.8 Å². The second-order valence-corrected chi connectivity index (χ2v) is 9.68. The summed E-state index contributed by atoms with van der Waals surface area (Å²) >= 11 is 1.32. The van der Waals surface area contributed by atoms with Crippen molar-refractivity contribution in [3.8, 4) is 0 Å². The summed E-state index contributed by atoms with van der Waals surface area (Å²) < 4.78 is 35.3. The van der Waals surface area contributed by atoms with E-state index in [0.717, 1.165) is 36.0 Å². The van der Waals surface area contributed by atoms with E-state index in [2.05, 4.69) is 10.0 Å². The van der Waals surface area contributed by atoms with Crippen molar-refractivity contribution in [1.82, 2.24) is 0 Å². The number of aryl methyl sites for hydroxylation is 1. The smallest absolute Gasteiger partial charge is 0.341 e. The highest BCUT2D eigenvalue weighted by Crippen LogP contribution is 2.39. The highest BCUT2D eigenvalue weighted by molar-refractivity contribution is 7.92. The SMILES string of the molecule is CCOC(=O)c1c(NC(=O)COC(=O)c2ccccc2NS(C)(=O)=O)sc2c1CCC2. The molecule has 2 aromatic rings. The van der Waals surface area contributed by atoms with Crippen LogP contribution in [-0.2, 0) is 37.1 Å². The van der Waals surface area contributed by atoms with Crippen LogP contribution in [0.25, 0.3) is 0 Å². The number of sulfonamides is 1. The number of hydrogen-bond donors (Lipinski definition) is 2. The fourth-order valence-electron chi connectivity index (χ4n) is 3.23. The Balaban J connectivity index is 1.68. The Morgan fingerprint density at radius 3 is 2.55 bits per heavy atom. The number of amides is 1. The summed E-state index contributed by atoms with van der Waals surface area (Å²) in [7, 11) is -3.60. The average Bonchev–Trinajstić information content (AvgIpc) is 3.26. The predicted molar refractivity (Wildman–Crippen MR) is 116 cm³/mol. The number of carbonyl (C=O) groups excluding carboxylic acids is 3. The third-order valence-corrected chi connectivity index (χ3v) is 6.23. The zero-order chi connectivity index (χ0) is 22.6. The van der Waals surface area contributed by atoms with E-state index in [1.807, 2.05) is 0 Å². The zero-order valence-corrected chi connectivity index (χ0v) is 18.7. The summed E-state index contributed by atoms with van der Waals surface area (Å²) in [5.41, 5.74) is 1.29. The van der Waals surface area contributed by atoms with Crippen LogP contribution in [-0.4, -0.2) is 45.7 Å². The number of hydrogen-bond acceptors (Lipinski definition) is 8. The fourth-order valence-corrected chi connectivity index (χ4v) is 5.10. The quantitative estimate of drug-likeness (QED) is 0.572. The Labute approximate surface area is 183 Å². The molecule has 1 aromatic carbocycles. The number of carbonyl (C=O) groups is 3. The maximum atomic E-state index is 12.4. The first-order valence-corrected chi connectivity index (χ1v) is 12.3. The number of para-hydroxylation sites is 1. The van der Waals surface area contributed by atoms with Gasteiger partial charge in [-0.05, 0) is 43.9 Å². The van der Waals surface area contributed by atoms with E-state index < -0.39 is 34.5 Å². The molecule has 31 heavy (non-hydrogen) atoms. The molecule has 11 heteroatoms. The molecular weight excluding hydrogens is 444 g/mol. The molecule has 3 rings (SSSR count). The second kappa shape index (κ2) is 9.48. The molecule has 1 aliphatic carbocycles. The Bertz CT molecular complexity index is 1120. The molecular formula is C20H22N2O7S2. The van der Waals surface area contributed by atoms with Gasteiger partial charge >= 0.3 is 11.9 Å².